The molecule has 0 rings (SSSR count). The lowest BCUT2D eigenvalue weighted by molar-refractivity contribution is -0.143. The van der Waals surface area contributed by atoms with Crippen molar-refractivity contribution < 1.29 is 24.3 Å². The summed E-state index contributed by atoms with van der Waals surface area (Å²) in [4.78, 5) is 45.0. The van der Waals surface area contributed by atoms with Gasteiger partial charge in [0.05, 0.1) is 0 Å². The molecule has 0 radical (unpaired) electrons. The fraction of sp³-hybridized carbons (Fsp3) is 0.714. The van der Waals surface area contributed by atoms with Crippen LogP contribution in [0.5, 0.6) is 0 Å². The first kappa shape index (κ1) is 20.4. The summed E-state index contributed by atoms with van der Waals surface area (Å²) in [5.41, 5.74) is 0. The van der Waals surface area contributed by atoms with Gasteiger partial charge in [0.1, 0.15) is 18.4 Å². The highest BCUT2D eigenvalue weighted by molar-refractivity contribution is 7.80. The molecule has 3 N–H and O–H groups in total. The molecule has 7 nitrogen and oxygen atoms in total. The molecule has 126 valence electrons. The SMILES string of the molecule is CC(C)[C@@H](NC(=O)[C@@H](CS)NC(=O)CCCCC=O)C(=O)O. The summed E-state index contributed by atoms with van der Waals surface area (Å²) in [5, 5.41) is 14.0. The van der Waals surface area contributed by atoms with E-state index in [-0.39, 0.29) is 24.0 Å². The van der Waals surface area contributed by atoms with Crippen LogP contribution in [-0.4, -0.2) is 47.0 Å². The molecule has 2 amide bonds. The maximum Gasteiger partial charge on any atom is 0.326 e. The standard InChI is InChI=1S/C14H24N2O5S/c1-9(2)12(14(20)21)16-13(19)10(8-22)15-11(18)6-4-3-5-7-17/h7,9-10,12,22H,3-6,8H2,1-2H3,(H,15,18)(H,16,19)(H,20,21)/t10-,12-/m1/s1. The number of hydrogen-bond acceptors (Lipinski definition) is 5. The summed E-state index contributed by atoms with van der Waals surface area (Å²) in [7, 11) is 0. The number of rotatable bonds is 11. The summed E-state index contributed by atoms with van der Waals surface area (Å²) in [5.74, 6) is -2.23. The molecule has 0 aromatic rings. The molecule has 0 spiro atoms. The number of thiol groups is 1. The normalized spacial score (nSPS) is 13.3. The summed E-state index contributed by atoms with van der Waals surface area (Å²) in [6.07, 6.45) is 2.56. The van der Waals surface area contributed by atoms with Crippen molar-refractivity contribution in [2.75, 3.05) is 5.75 Å². The molecular weight excluding hydrogens is 308 g/mol. The summed E-state index contributed by atoms with van der Waals surface area (Å²) < 4.78 is 0. The maximum absolute atomic E-state index is 12.0. The minimum atomic E-state index is -1.12. The van der Waals surface area contributed by atoms with Gasteiger partial charge < -0.3 is 20.5 Å². The van der Waals surface area contributed by atoms with E-state index in [9.17, 15) is 19.2 Å². The van der Waals surface area contributed by atoms with E-state index in [2.05, 4.69) is 23.3 Å². The maximum atomic E-state index is 12.0. The van der Waals surface area contributed by atoms with Gasteiger partial charge in [-0.2, -0.15) is 12.6 Å². The van der Waals surface area contributed by atoms with Crippen molar-refractivity contribution in [1.82, 2.24) is 10.6 Å². The number of carbonyl (C=O) groups excluding carboxylic acids is 3. The number of carboxylic acid groups (broad SMARTS) is 1. The number of carboxylic acids is 1. The van der Waals surface area contributed by atoms with Gasteiger partial charge in [-0.05, 0) is 18.8 Å². The molecule has 0 saturated carbocycles. The Labute approximate surface area is 135 Å². The first-order valence-electron chi connectivity index (χ1n) is 7.20. The number of nitrogens with one attached hydrogen (secondary N) is 2. The lowest BCUT2D eigenvalue weighted by Crippen LogP contribution is -2.53. The molecular formula is C14H24N2O5S. The number of aldehydes is 1. The molecule has 0 fully saturated rings. The molecule has 0 unspecified atom stereocenters. The first-order chi connectivity index (χ1) is 10.3. The van der Waals surface area contributed by atoms with E-state index in [0.29, 0.717) is 19.3 Å². The minimum Gasteiger partial charge on any atom is -0.480 e. The molecule has 22 heavy (non-hydrogen) atoms. The molecule has 0 saturated heterocycles. The van der Waals surface area contributed by atoms with Gasteiger partial charge in [0.15, 0.2) is 0 Å². The van der Waals surface area contributed by atoms with Gasteiger partial charge in [-0.25, -0.2) is 4.79 Å². The zero-order valence-electron chi connectivity index (χ0n) is 12.9. The summed E-state index contributed by atoms with van der Waals surface area (Å²) in [6, 6.07) is -1.90. The van der Waals surface area contributed by atoms with E-state index in [1.54, 1.807) is 13.8 Å². The molecule has 0 aliphatic rings. The van der Waals surface area contributed by atoms with Crippen LogP contribution in [0.15, 0.2) is 0 Å². The Hall–Kier alpha value is -1.57. The highest BCUT2D eigenvalue weighted by atomic mass is 32.1. The second-order valence-corrected chi connectivity index (χ2v) is 5.65. The van der Waals surface area contributed by atoms with E-state index >= 15 is 0 Å². The monoisotopic (exact) mass is 332 g/mol. The zero-order valence-corrected chi connectivity index (χ0v) is 13.8. The predicted octanol–water partition coefficient (Wildman–Crippen LogP) is 0.386. The number of hydrogen-bond donors (Lipinski definition) is 4. The molecule has 0 aliphatic carbocycles. The number of aliphatic carboxylic acids is 1. The van der Waals surface area contributed by atoms with Crippen LogP contribution in [0.3, 0.4) is 0 Å². The molecule has 0 bridgehead atoms. The van der Waals surface area contributed by atoms with Crippen LogP contribution in [-0.2, 0) is 19.2 Å². The van der Waals surface area contributed by atoms with Crippen molar-refractivity contribution in [3.8, 4) is 0 Å². The summed E-state index contributed by atoms with van der Waals surface area (Å²) in [6.45, 7) is 3.36. The van der Waals surface area contributed by atoms with Gasteiger partial charge in [-0.15, -0.1) is 0 Å². The summed E-state index contributed by atoms with van der Waals surface area (Å²) >= 11 is 4.01. The van der Waals surface area contributed by atoms with Gasteiger partial charge in [0, 0.05) is 18.6 Å². The van der Waals surface area contributed by atoms with Crippen molar-refractivity contribution in [3.05, 3.63) is 0 Å². The van der Waals surface area contributed by atoms with Crippen LogP contribution in [0.4, 0.5) is 0 Å². The molecule has 2 atom stereocenters. The third kappa shape index (κ3) is 8.02. The smallest absolute Gasteiger partial charge is 0.326 e. The Morgan fingerprint density at radius 3 is 2.27 bits per heavy atom. The fourth-order valence-electron chi connectivity index (χ4n) is 1.74. The Morgan fingerprint density at radius 1 is 1.18 bits per heavy atom. The van der Waals surface area contributed by atoms with Crippen LogP contribution in [0.2, 0.25) is 0 Å². The van der Waals surface area contributed by atoms with Gasteiger partial charge in [0.25, 0.3) is 0 Å². The van der Waals surface area contributed by atoms with Crippen molar-refractivity contribution in [2.24, 2.45) is 5.92 Å². The average molecular weight is 332 g/mol. The minimum absolute atomic E-state index is 0.0658. The van der Waals surface area contributed by atoms with Crippen LogP contribution in [0.25, 0.3) is 0 Å². The van der Waals surface area contributed by atoms with E-state index in [1.165, 1.54) is 0 Å². The average Bonchev–Trinajstić information content (AvgIpc) is 2.45. The van der Waals surface area contributed by atoms with Crippen molar-refractivity contribution in [1.29, 1.82) is 0 Å². The van der Waals surface area contributed by atoms with E-state index < -0.39 is 24.0 Å². The van der Waals surface area contributed by atoms with Gasteiger partial charge in [-0.3, -0.25) is 9.59 Å². The van der Waals surface area contributed by atoms with Crippen LogP contribution in [0, 0.1) is 5.92 Å². The molecule has 0 aromatic heterocycles. The van der Waals surface area contributed by atoms with Crippen LogP contribution in [0.1, 0.15) is 39.5 Å². The lowest BCUT2D eigenvalue weighted by Gasteiger charge is -2.22. The highest BCUT2D eigenvalue weighted by Crippen LogP contribution is 2.03. The number of amides is 2. The first-order valence-corrected chi connectivity index (χ1v) is 7.83. The quantitative estimate of drug-likeness (QED) is 0.248. The highest BCUT2D eigenvalue weighted by Gasteiger charge is 2.27. The Kier molecular flexibility index (Phi) is 10.3. The van der Waals surface area contributed by atoms with Gasteiger partial charge >= 0.3 is 5.97 Å². The Balaban J connectivity index is 4.43. The van der Waals surface area contributed by atoms with E-state index in [0.717, 1.165) is 6.29 Å². The van der Waals surface area contributed by atoms with E-state index in [1.807, 2.05) is 0 Å². The third-order valence-electron chi connectivity index (χ3n) is 3.04. The topological polar surface area (TPSA) is 113 Å². The van der Waals surface area contributed by atoms with Crippen molar-refractivity contribution >= 4 is 36.7 Å². The van der Waals surface area contributed by atoms with Gasteiger partial charge in [0.2, 0.25) is 11.8 Å². The van der Waals surface area contributed by atoms with Crippen molar-refractivity contribution in [3.63, 3.8) is 0 Å². The lowest BCUT2D eigenvalue weighted by atomic mass is 10.0. The van der Waals surface area contributed by atoms with Gasteiger partial charge in [-0.1, -0.05) is 13.8 Å². The second-order valence-electron chi connectivity index (χ2n) is 5.28. The van der Waals surface area contributed by atoms with Crippen LogP contribution < -0.4 is 10.6 Å². The van der Waals surface area contributed by atoms with Crippen LogP contribution >= 0.6 is 12.6 Å². The number of carbonyl (C=O) groups is 4. The molecule has 0 heterocycles. The fourth-order valence-corrected chi connectivity index (χ4v) is 2.00. The third-order valence-corrected chi connectivity index (χ3v) is 3.41. The van der Waals surface area contributed by atoms with Crippen molar-refractivity contribution in [2.45, 2.75) is 51.6 Å². The zero-order chi connectivity index (χ0) is 17.1. The molecule has 8 heteroatoms. The molecule has 0 aromatic carbocycles. The Bertz CT molecular complexity index is 401. The predicted molar refractivity (Wildman–Crippen MR) is 84.7 cm³/mol. The number of unbranched alkanes of at least 4 members (excludes halogenated alkanes) is 2. The molecule has 0 aliphatic heterocycles. The second kappa shape index (κ2) is 11.1. The Morgan fingerprint density at radius 2 is 1.82 bits per heavy atom. The van der Waals surface area contributed by atoms with E-state index in [4.69, 9.17) is 5.11 Å². The largest absolute Gasteiger partial charge is 0.480 e.